The van der Waals surface area contributed by atoms with E-state index in [0.717, 1.165) is 24.0 Å². The number of benzene rings is 3. The highest BCUT2D eigenvalue weighted by molar-refractivity contribution is 5.97. The summed E-state index contributed by atoms with van der Waals surface area (Å²) in [5.41, 5.74) is 2.24. The highest BCUT2D eigenvalue weighted by atomic mass is 16.5. The summed E-state index contributed by atoms with van der Waals surface area (Å²) < 4.78 is 17.9. The summed E-state index contributed by atoms with van der Waals surface area (Å²) in [5.74, 6) is 1.01. The van der Waals surface area contributed by atoms with Crippen molar-refractivity contribution in [2.45, 2.75) is 71.8 Å². The van der Waals surface area contributed by atoms with Gasteiger partial charge in [-0.15, -0.1) is 0 Å². The number of para-hydroxylation sites is 1. The van der Waals surface area contributed by atoms with E-state index in [-0.39, 0.29) is 0 Å². The second kappa shape index (κ2) is 14.9. The third kappa shape index (κ3) is 8.79. The van der Waals surface area contributed by atoms with Gasteiger partial charge in [-0.05, 0) is 42.7 Å². The van der Waals surface area contributed by atoms with E-state index in [9.17, 15) is 4.79 Å². The molecule has 0 atom stereocenters. The molecule has 0 aliphatic carbocycles. The average Bonchev–Trinajstić information content (AvgIpc) is 2.88. The van der Waals surface area contributed by atoms with Crippen molar-refractivity contribution in [1.29, 1.82) is 0 Å². The normalized spacial score (nSPS) is 10.7. The fraction of sp³-hybridized carbons (Fsp3) is 0.387. The lowest BCUT2D eigenvalue weighted by Crippen LogP contribution is -2.14. The Morgan fingerprint density at radius 1 is 0.657 bits per heavy atom. The predicted octanol–water partition coefficient (Wildman–Crippen LogP) is 8.31. The highest BCUT2D eigenvalue weighted by Gasteiger charge is 2.22. The molecule has 3 aromatic carbocycles. The molecule has 3 aromatic rings. The summed E-state index contributed by atoms with van der Waals surface area (Å²) >= 11 is 0. The van der Waals surface area contributed by atoms with Crippen molar-refractivity contribution in [3.63, 3.8) is 0 Å². The molecule has 0 aliphatic rings. The Kier molecular flexibility index (Phi) is 11.2. The smallest absolute Gasteiger partial charge is 0.351 e. The molecule has 0 aromatic heterocycles. The van der Waals surface area contributed by atoms with Crippen LogP contribution in [0.3, 0.4) is 0 Å². The number of rotatable bonds is 15. The van der Waals surface area contributed by atoms with E-state index in [1.165, 1.54) is 38.5 Å². The van der Waals surface area contributed by atoms with Crippen LogP contribution in [0.2, 0.25) is 0 Å². The van der Waals surface area contributed by atoms with Crippen molar-refractivity contribution in [3.05, 3.63) is 89.5 Å². The van der Waals surface area contributed by atoms with Gasteiger partial charge in [-0.25, -0.2) is 4.79 Å². The Morgan fingerprint density at radius 3 is 1.97 bits per heavy atom. The van der Waals surface area contributed by atoms with Crippen LogP contribution in [0.4, 0.5) is 0 Å². The third-order valence-corrected chi connectivity index (χ3v) is 5.98. The number of aryl methyl sites for hydroxylation is 1. The number of hydrogen-bond acceptors (Lipinski definition) is 4. The van der Waals surface area contributed by atoms with Gasteiger partial charge in [-0.3, -0.25) is 0 Å². The van der Waals surface area contributed by atoms with Crippen LogP contribution in [0, 0.1) is 6.92 Å². The fourth-order valence-electron chi connectivity index (χ4n) is 3.93. The molecule has 0 bridgehead atoms. The third-order valence-electron chi connectivity index (χ3n) is 5.98. The lowest BCUT2D eigenvalue weighted by molar-refractivity contribution is 0.0723. The molecule has 0 spiro atoms. The summed E-state index contributed by atoms with van der Waals surface area (Å²) in [4.78, 5) is 13.3. The summed E-state index contributed by atoms with van der Waals surface area (Å²) in [6.45, 7) is 5.07. The Labute approximate surface area is 210 Å². The summed E-state index contributed by atoms with van der Waals surface area (Å²) in [5, 5.41) is 0. The number of ether oxygens (including phenoxy) is 3. The molecule has 0 radical (unpaired) electrons. The molecule has 0 heterocycles. The van der Waals surface area contributed by atoms with Gasteiger partial charge in [0.05, 0.1) is 6.61 Å². The number of carbonyl (C=O) groups is 1. The minimum Gasteiger partial charge on any atom is -0.493 e. The van der Waals surface area contributed by atoms with Gasteiger partial charge < -0.3 is 14.2 Å². The van der Waals surface area contributed by atoms with Gasteiger partial charge >= 0.3 is 5.97 Å². The molecule has 0 saturated heterocycles. The van der Waals surface area contributed by atoms with Crippen LogP contribution in [0.25, 0.3) is 0 Å². The van der Waals surface area contributed by atoms with Crippen molar-refractivity contribution < 1.29 is 19.0 Å². The summed E-state index contributed by atoms with van der Waals surface area (Å²) in [6.07, 6.45) is 9.81. The zero-order valence-electron chi connectivity index (χ0n) is 21.1. The van der Waals surface area contributed by atoms with E-state index in [4.69, 9.17) is 14.2 Å². The largest absolute Gasteiger partial charge is 0.493 e. The molecule has 0 saturated carbocycles. The van der Waals surface area contributed by atoms with Crippen molar-refractivity contribution in [3.8, 4) is 17.2 Å². The van der Waals surface area contributed by atoms with Crippen molar-refractivity contribution in [2.24, 2.45) is 0 Å². The first kappa shape index (κ1) is 26.3. The molecule has 0 unspecified atom stereocenters. The van der Waals surface area contributed by atoms with E-state index < -0.39 is 5.97 Å². The number of carbonyl (C=O) groups excluding carboxylic acids is 1. The van der Waals surface area contributed by atoms with Crippen LogP contribution >= 0.6 is 0 Å². The first-order chi connectivity index (χ1) is 17.2. The lowest BCUT2D eigenvalue weighted by atomic mass is 10.1. The van der Waals surface area contributed by atoms with E-state index in [2.05, 4.69) is 6.92 Å². The summed E-state index contributed by atoms with van der Waals surface area (Å²) in [6, 6.07) is 22.8. The monoisotopic (exact) mass is 474 g/mol. The van der Waals surface area contributed by atoms with Gasteiger partial charge in [0.25, 0.3) is 0 Å². The predicted molar refractivity (Wildman–Crippen MR) is 141 cm³/mol. The maximum Gasteiger partial charge on any atom is 0.351 e. The molecule has 0 fully saturated rings. The molecule has 4 nitrogen and oxygen atoms in total. The molecule has 4 heteroatoms. The average molecular weight is 475 g/mol. The van der Waals surface area contributed by atoms with E-state index in [1.54, 1.807) is 12.1 Å². The second-order valence-electron chi connectivity index (χ2n) is 8.88. The van der Waals surface area contributed by atoms with Gasteiger partial charge in [-0.2, -0.15) is 0 Å². The molecule has 0 aliphatic heterocycles. The van der Waals surface area contributed by atoms with E-state index in [1.807, 2.05) is 67.6 Å². The molecule has 0 amide bonds. The quantitative estimate of drug-likeness (QED) is 0.126. The molecule has 3 rings (SSSR count). The van der Waals surface area contributed by atoms with Crippen molar-refractivity contribution in [1.82, 2.24) is 0 Å². The lowest BCUT2D eigenvalue weighted by Gasteiger charge is -2.16. The van der Waals surface area contributed by atoms with Gasteiger partial charge in [0.15, 0.2) is 0 Å². The van der Waals surface area contributed by atoms with Crippen LogP contribution in [0.1, 0.15) is 79.8 Å². The van der Waals surface area contributed by atoms with Crippen molar-refractivity contribution >= 4 is 5.97 Å². The molecular weight excluding hydrogens is 436 g/mol. The summed E-state index contributed by atoms with van der Waals surface area (Å²) in [7, 11) is 0. The maximum atomic E-state index is 13.3. The number of esters is 1. The topological polar surface area (TPSA) is 44.8 Å². The van der Waals surface area contributed by atoms with Crippen LogP contribution in [-0.2, 0) is 6.61 Å². The van der Waals surface area contributed by atoms with E-state index >= 15 is 0 Å². The van der Waals surface area contributed by atoms with E-state index in [0.29, 0.717) is 36.0 Å². The van der Waals surface area contributed by atoms with Gasteiger partial charge in [0.2, 0.25) is 0 Å². The minimum absolute atomic E-state index is 0.325. The van der Waals surface area contributed by atoms with Crippen LogP contribution in [-0.4, -0.2) is 12.6 Å². The zero-order valence-corrected chi connectivity index (χ0v) is 21.1. The first-order valence-electron chi connectivity index (χ1n) is 12.9. The number of hydrogen-bond donors (Lipinski definition) is 0. The fourth-order valence-corrected chi connectivity index (χ4v) is 3.93. The van der Waals surface area contributed by atoms with Gasteiger partial charge in [0.1, 0.15) is 29.4 Å². The Bertz CT molecular complexity index is 1030. The molecule has 186 valence electrons. The van der Waals surface area contributed by atoms with Gasteiger partial charge in [0, 0.05) is 0 Å². The Hall–Kier alpha value is -3.27. The van der Waals surface area contributed by atoms with Crippen molar-refractivity contribution in [2.75, 3.05) is 6.61 Å². The van der Waals surface area contributed by atoms with Crippen LogP contribution in [0.5, 0.6) is 17.2 Å². The molecule has 0 N–H and O–H groups in total. The molecular formula is C31H38O4. The standard InChI is InChI=1S/C31H38O4/c1-3-4-5-6-7-8-9-15-23-33-28-21-16-22-29(34-24-26-18-11-10-12-19-26)30(28)31(32)35-27-20-14-13-17-25(27)2/h10-14,16-22H,3-9,15,23-24H2,1-2H3. The highest BCUT2D eigenvalue weighted by Crippen LogP contribution is 2.31. The number of unbranched alkanes of at least 4 members (excludes halogenated alkanes) is 7. The second-order valence-corrected chi connectivity index (χ2v) is 8.88. The Balaban J connectivity index is 1.66. The Morgan fingerprint density at radius 2 is 1.26 bits per heavy atom. The maximum absolute atomic E-state index is 13.3. The SMILES string of the molecule is CCCCCCCCCCOc1cccc(OCc2ccccc2)c1C(=O)Oc1ccccc1C. The van der Waals surface area contributed by atoms with Crippen LogP contribution < -0.4 is 14.2 Å². The van der Waals surface area contributed by atoms with Crippen LogP contribution in [0.15, 0.2) is 72.8 Å². The van der Waals surface area contributed by atoms with Gasteiger partial charge in [-0.1, -0.05) is 106 Å². The zero-order chi connectivity index (χ0) is 24.7. The molecule has 35 heavy (non-hydrogen) atoms. The first-order valence-corrected chi connectivity index (χ1v) is 12.9. The minimum atomic E-state index is -0.478.